The smallest absolute Gasteiger partial charge is 0.00218 e. The molecule has 0 fully saturated rings. The van der Waals surface area contributed by atoms with Gasteiger partial charge in [0.1, 0.15) is 0 Å². The van der Waals surface area contributed by atoms with Gasteiger partial charge in [0.25, 0.3) is 0 Å². The fraction of sp³-hybridized carbons (Fsp3) is 1.00. The van der Waals surface area contributed by atoms with Gasteiger partial charge in [0.15, 0.2) is 0 Å². The molecule has 0 aromatic rings. The monoisotopic (exact) mass is 652 g/mol. The van der Waals surface area contributed by atoms with Crippen LogP contribution in [0, 0.1) is 0 Å². The largest absolute Gasteiger partial charge is 0.306 e. The van der Waals surface area contributed by atoms with Gasteiger partial charge in [-0.25, -0.2) is 0 Å². The highest BCUT2D eigenvalue weighted by atomic mass is 127. The van der Waals surface area contributed by atoms with Crippen LogP contribution in [0.1, 0.15) is 117 Å². The summed E-state index contributed by atoms with van der Waals surface area (Å²) in [6.45, 7) is 9.77. The lowest BCUT2D eigenvalue weighted by atomic mass is 10.1. The molecule has 0 aromatic heterocycles. The van der Waals surface area contributed by atoms with Crippen LogP contribution < -0.4 is 0 Å². The zero-order valence-corrected chi connectivity index (χ0v) is 26.1. The highest BCUT2D eigenvalue weighted by Crippen LogP contribution is 2.08. The van der Waals surface area contributed by atoms with E-state index in [0.29, 0.717) is 0 Å². The zero-order valence-electron chi connectivity index (χ0n) is 21.8. The number of nitrogens with zero attached hydrogens (tertiary/aromatic N) is 2. The lowest BCUT2D eigenvalue weighted by Gasteiger charge is -2.17. The van der Waals surface area contributed by atoms with Gasteiger partial charge in [-0.05, 0) is 75.8 Å². The summed E-state index contributed by atoms with van der Waals surface area (Å²) < 4.78 is 0. The minimum atomic E-state index is 1.29. The van der Waals surface area contributed by atoms with Crippen molar-refractivity contribution in [2.45, 2.75) is 117 Å². The first kappa shape index (κ1) is 36.0. The van der Waals surface area contributed by atoms with Crippen LogP contribution in [-0.4, -0.2) is 59.9 Å². The molecule has 0 aromatic carbocycles. The van der Waals surface area contributed by atoms with Gasteiger partial charge in [0, 0.05) is 0 Å². The molecule has 30 heavy (non-hydrogen) atoms. The highest BCUT2D eigenvalue weighted by Gasteiger charge is 2.01. The van der Waals surface area contributed by atoms with Crippen molar-refractivity contribution in [2.75, 3.05) is 50.1 Å². The maximum Gasteiger partial charge on any atom is -0.00218 e. The van der Waals surface area contributed by atoms with E-state index in [1.807, 2.05) is 9.86 Å². The SMILES string of the molecule is CCCCCCCCN(C)CCCCCCN(C)CCCCCCCC.CI.CI. The second-order valence-electron chi connectivity index (χ2n) is 8.56. The minimum Gasteiger partial charge on any atom is -0.306 e. The molecule has 2 nitrogen and oxygen atoms in total. The van der Waals surface area contributed by atoms with Crippen LogP contribution in [-0.2, 0) is 0 Å². The van der Waals surface area contributed by atoms with Crippen LogP contribution >= 0.6 is 45.2 Å². The fourth-order valence-corrected chi connectivity index (χ4v) is 3.66. The molecule has 0 aliphatic carbocycles. The molecule has 0 saturated carbocycles. The Bertz CT molecular complexity index is 239. The molecule has 0 spiro atoms. The molecule has 0 saturated heterocycles. The Balaban J connectivity index is -0.00000171. The van der Waals surface area contributed by atoms with E-state index >= 15 is 0 Å². The summed E-state index contributed by atoms with van der Waals surface area (Å²) in [6, 6.07) is 0. The summed E-state index contributed by atoms with van der Waals surface area (Å²) in [5.74, 6) is 0. The summed E-state index contributed by atoms with van der Waals surface area (Å²) in [5, 5.41) is 0. The molecule has 0 radical (unpaired) electrons. The predicted molar refractivity (Wildman–Crippen MR) is 160 cm³/mol. The van der Waals surface area contributed by atoms with E-state index < -0.39 is 0 Å². The number of halogens is 2. The summed E-state index contributed by atoms with van der Waals surface area (Å²) in [4.78, 5) is 9.03. The van der Waals surface area contributed by atoms with E-state index in [-0.39, 0.29) is 0 Å². The number of hydrogen-bond acceptors (Lipinski definition) is 2. The second kappa shape index (κ2) is 35.0. The number of rotatable bonds is 21. The van der Waals surface area contributed by atoms with Crippen LogP contribution in [0.5, 0.6) is 0 Å². The van der Waals surface area contributed by atoms with Crippen LogP contribution in [0.4, 0.5) is 0 Å². The van der Waals surface area contributed by atoms with E-state index in [2.05, 4.69) is 82.9 Å². The van der Waals surface area contributed by atoms with Crippen molar-refractivity contribution < 1.29 is 0 Å². The topological polar surface area (TPSA) is 6.48 Å². The van der Waals surface area contributed by atoms with Crippen molar-refractivity contribution in [3.63, 3.8) is 0 Å². The van der Waals surface area contributed by atoms with E-state index in [4.69, 9.17) is 0 Å². The van der Waals surface area contributed by atoms with Crippen molar-refractivity contribution in [3.8, 4) is 0 Å². The fourth-order valence-electron chi connectivity index (χ4n) is 3.66. The van der Waals surface area contributed by atoms with Gasteiger partial charge in [-0.2, -0.15) is 0 Å². The van der Waals surface area contributed by atoms with Gasteiger partial charge in [0.2, 0.25) is 0 Å². The third-order valence-corrected chi connectivity index (χ3v) is 5.62. The molecule has 0 atom stereocenters. The third kappa shape index (κ3) is 34.0. The van der Waals surface area contributed by atoms with Crippen molar-refractivity contribution in [1.29, 1.82) is 0 Å². The summed E-state index contributed by atoms with van der Waals surface area (Å²) in [5.41, 5.74) is 0. The molecule has 186 valence electrons. The molecule has 4 heteroatoms. The van der Waals surface area contributed by atoms with Crippen molar-refractivity contribution in [2.24, 2.45) is 0 Å². The van der Waals surface area contributed by atoms with E-state index in [9.17, 15) is 0 Å². The van der Waals surface area contributed by atoms with Gasteiger partial charge < -0.3 is 9.80 Å². The Morgan fingerprint density at radius 1 is 0.367 bits per heavy atom. The zero-order chi connectivity index (χ0) is 23.3. The maximum atomic E-state index is 2.55. The van der Waals surface area contributed by atoms with Gasteiger partial charge >= 0.3 is 0 Å². The summed E-state index contributed by atoms with van der Waals surface area (Å²) in [7, 11) is 4.61. The van der Waals surface area contributed by atoms with E-state index in [1.54, 1.807) is 0 Å². The quantitative estimate of drug-likeness (QED) is 0.0693. The normalized spacial score (nSPS) is 10.6. The van der Waals surface area contributed by atoms with Crippen LogP contribution in [0.25, 0.3) is 0 Å². The minimum absolute atomic E-state index is 1.29. The first-order chi connectivity index (χ1) is 14.7. The summed E-state index contributed by atoms with van der Waals surface area (Å²) >= 11 is 4.30. The van der Waals surface area contributed by atoms with Crippen LogP contribution in [0.2, 0.25) is 0 Å². The van der Waals surface area contributed by atoms with Crippen LogP contribution in [0.3, 0.4) is 0 Å². The molecule has 0 aliphatic rings. The average Bonchev–Trinajstić information content (AvgIpc) is 2.78. The number of alkyl halides is 2. The van der Waals surface area contributed by atoms with Crippen molar-refractivity contribution >= 4 is 45.2 Å². The first-order valence-electron chi connectivity index (χ1n) is 12.8. The van der Waals surface area contributed by atoms with E-state index in [1.165, 1.54) is 129 Å². The standard InChI is InChI=1S/C24H52N2.2CH3I/c1-5-7-9-11-13-17-21-25(3)23-19-15-16-20-24-26(4)22-18-14-12-10-8-6-2;2*1-2/h5-24H2,1-4H3;2*1H3. The van der Waals surface area contributed by atoms with E-state index in [0.717, 1.165) is 0 Å². The second-order valence-corrected chi connectivity index (χ2v) is 8.56. The molecule has 0 rings (SSSR count). The molecule has 0 N–H and O–H groups in total. The number of hydrogen-bond donors (Lipinski definition) is 0. The average molecular weight is 653 g/mol. The third-order valence-electron chi connectivity index (χ3n) is 5.62. The maximum absolute atomic E-state index is 2.55. The Kier molecular flexibility index (Phi) is 41.9. The summed E-state index contributed by atoms with van der Waals surface area (Å²) in [6.07, 6.45) is 22.5. The van der Waals surface area contributed by atoms with Gasteiger partial charge in [-0.15, -0.1) is 0 Å². The van der Waals surface area contributed by atoms with Crippen molar-refractivity contribution in [1.82, 2.24) is 9.80 Å². The van der Waals surface area contributed by atoms with Gasteiger partial charge in [-0.3, -0.25) is 0 Å². The lowest BCUT2D eigenvalue weighted by molar-refractivity contribution is 0.301. The van der Waals surface area contributed by atoms with Crippen LogP contribution in [0.15, 0.2) is 0 Å². The van der Waals surface area contributed by atoms with Crippen molar-refractivity contribution in [3.05, 3.63) is 0 Å². The Morgan fingerprint density at radius 2 is 0.567 bits per heavy atom. The molecular formula is C26H58I2N2. The Morgan fingerprint density at radius 3 is 0.800 bits per heavy atom. The van der Waals surface area contributed by atoms with Gasteiger partial charge in [-0.1, -0.05) is 136 Å². The lowest BCUT2D eigenvalue weighted by Crippen LogP contribution is -2.22. The Hall–Kier alpha value is 1.38. The van der Waals surface area contributed by atoms with Gasteiger partial charge in [0.05, 0.1) is 0 Å². The molecular weight excluding hydrogens is 594 g/mol. The highest BCUT2D eigenvalue weighted by molar-refractivity contribution is 14.1. The number of unbranched alkanes of at least 4 members (excludes halogenated alkanes) is 13. The first-order valence-corrected chi connectivity index (χ1v) is 17.1. The predicted octanol–water partition coefficient (Wildman–Crippen LogP) is 9.23. The molecule has 0 heterocycles. The molecule has 0 unspecified atom stereocenters. The molecule has 0 bridgehead atoms. The molecule has 0 amide bonds. The molecule has 0 aliphatic heterocycles. The Labute approximate surface area is 220 Å².